The monoisotopic (exact) mass is 459 g/mol. The van der Waals surface area contributed by atoms with E-state index in [1.54, 1.807) is 0 Å². The fraction of sp³-hybridized carbons (Fsp3) is 0.522. The number of carbonyl (C=O) groups excluding carboxylic acids is 1. The van der Waals surface area contributed by atoms with Crippen LogP contribution in [-0.2, 0) is 21.3 Å². The molecule has 1 aliphatic heterocycles. The molecule has 2 amide bonds. The molecule has 174 valence electrons. The average Bonchev–Trinajstić information content (AvgIpc) is 2.74. The van der Waals surface area contributed by atoms with Gasteiger partial charge in [-0.15, -0.1) is 0 Å². The van der Waals surface area contributed by atoms with E-state index in [0.29, 0.717) is 37.0 Å². The zero-order valence-electron chi connectivity index (χ0n) is 19.5. The van der Waals surface area contributed by atoms with Crippen LogP contribution in [0.3, 0.4) is 0 Å². The highest BCUT2D eigenvalue weighted by molar-refractivity contribution is 7.85. The van der Waals surface area contributed by atoms with E-state index in [2.05, 4.69) is 22.5 Å². The lowest BCUT2D eigenvalue weighted by Crippen LogP contribution is -2.44. The van der Waals surface area contributed by atoms with E-state index in [4.69, 9.17) is 14.7 Å². The number of nitrogens with zero attached hydrogens (tertiary/aromatic N) is 3. The summed E-state index contributed by atoms with van der Waals surface area (Å²) in [5.74, 6) is 1.75. The third kappa shape index (κ3) is 6.26. The molecule has 1 unspecified atom stereocenters. The Balaban J connectivity index is 1.93. The molecule has 0 saturated carbocycles. The average molecular weight is 460 g/mol. The second kappa shape index (κ2) is 10.4. The second-order valence-corrected chi connectivity index (χ2v) is 11.0. The maximum Gasteiger partial charge on any atom is 0.319 e. The number of aromatic nitrogens is 2. The van der Waals surface area contributed by atoms with Crippen molar-refractivity contribution in [3.05, 3.63) is 36.0 Å². The molecule has 8 nitrogen and oxygen atoms in total. The van der Waals surface area contributed by atoms with E-state index in [0.717, 1.165) is 23.6 Å². The molecule has 2 N–H and O–H groups in total. The Morgan fingerprint density at radius 3 is 2.59 bits per heavy atom. The molecular formula is C23H33N5O3S. The Hall–Kier alpha value is -2.52. The van der Waals surface area contributed by atoms with Crippen molar-refractivity contribution in [2.45, 2.75) is 51.2 Å². The normalized spacial score (nSPS) is 17.7. The van der Waals surface area contributed by atoms with E-state index < -0.39 is 10.8 Å². The van der Waals surface area contributed by atoms with Gasteiger partial charge in [-0.1, -0.05) is 0 Å². The Morgan fingerprint density at radius 1 is 1.25 bits per heavy atom. The Labute approximate surface area is 192 Å². The van der Waals surface area contributed by atoms with Gasteiger partial charge < -0.3 is 20.3 Å². The Bertz CT molecular complexity index is 959. The van der Waals surface area contributed by atoms with Crippen LogP contribution in [0.4, 0.5) is 16.3 Å². The number of rotatable bonds is 6. The highest BCUT2D eigenvalue weighted by Crippen LogP contribution is 2.26. The molecule has 1 fully saturated rings. The predicted octanol–water partition coefficient (Wildman–Crippen LogP) is 3.56. The number of urea groups is 1. The summed E-state index contributed by atoms with van der Waals surface area (Å²) in [7, 11) is -1.08. The van der Waals surface area contributed by atoms with Crippen LogP contribution >= 0.6 is 0 Å². The summed E-state index contributed by atoms with van der Waals surface area (Å²) in [6, 6.07) is 9.31. The first-order chi connectivity index (χ1) is 15.2. The number of hydrogen-bond donors (Lipinski definition) is 2. The van der Waals surface area contributed by atoms with Gasteiger partial charge in [-0.2, -0.15) is 0 Å². The maximum absolute atomic E-state index is 12.8. The summed E-state index contributed by atoms with van der Waals surface area (Å²) < 4.78 is 18.1. The molecule has 0 bridgehead atoms. The minimum absolute atomic E-state index is 0.191. The summed E-state index contributed by atoms with van der Waals surface area (Å²) in [5, 5.41) is 5.50. The molecule has 0 radical (unpaired) electrons. The molecular weight excluding hydrogens is 426 g/mol. The molecule has 2 heterocycles. The van der Waals surface area contributed by atoms with Crippen LogP contribution in [0.2, 0.25) is 0 Å². The van der Waals surface area contributed by atoms with E-state index in [1.165, 1.54) is 0 Å². The van der Waals surface area contributed by atoms with Gasteiger partial charge in [-0.05, 0) is 58.9 Å². The van der Waals surface area contributed by atoms with Crippen molar-refractivity contribution in [3.8, 4) is 11.4 Å². The number of ether oxygens (including phenoxy) is 1. The summed E-state index contributed by atoms with van der Waals surface area (Å²) in [6.07, 6.45) is 0. The van der Waals surface area contributed by atoms with Gasteiger partial charge in [0.05, 0.1) is 30.7 Å². The number of morpholine rings is 1. The zero-order valence-corrected chi connectivity index (χ0v) is 20.3. The van der Waals surface area contributed by atoms with Crippen LogP contribution < -0.4 is 15.5 Å². The molecule has 1 aliphatic rings. The molecule has 2 aromatic rings. The number of nitrogens with one attached hydrogen (secondary N) is 2. The third-order valence-corrected chi connectivity index (χ3v) is 7.05. The van der Waals surface area contributed by atoms with Crippen LogP contribution in [0.15, 0.2) is 30.3 Å². The lowest BCUT2D eigenvalue weighted by molar-refractivity contribution is 0.0985. The topological polar surface area (TPSA) is 96.5 Å². The maximum atomic E-state index is 12.8. The van der Waals surface area contributed by atoms with Gasteiger partial charge in [0.2, 0.25) is 0 Å². The van der Waals surface area contributed by atoms with Gasteiger partial charge in [-0.25, -0.2) is 14.8 Å². The molecule has 9 heteroatoms. The number of hydrogen-bond acceptors (Lipinski definition) is 6. The van der Waals surface area contributed by atoms with Crippen LogP contribution in [0.25, 0.3) is 11.4 Å². The molecule has 1 aromatic heterocycles. The molecule has 3 rings (SSSR count). The largest absolute Gasteiger partial charge is 0.377 e. The van der Waals surface area contributed by atoms with E-state index in [1.807, 2.05) is 58.0 Å². The molecule has 2 atom stereocenters. The minimum Gasteiger partial charge on any atom is -0.377 e. The van der Waals surface area contributed by atoms with E-state index in [9.17, 15) is 9.00 Å². The fourth-order valence-electron chi connectivity index (χ4n) is 3.29. The molecule has 0 aliphatic carbocycles. The lowest BCUT2D eigenvalue weighted by Gasteiger charge is -2.34. The third-order valence-electron chi connectivity index (χ3n) is 5.13. The second-order valence-electron chi connectivity index (χ2n) is 8.82. The number of carbonyl (C=O) groups is 1. The van der Waals surface area contributed by atoms with Crippen molar-refractivity contribution in [3.63, 3.8) is 0 Å². The van der Waals surface area contributed by atoms with Gasteiger partial charge in [-0.3, -0.25) is 4.21 Å². The number of benzene rings is 1. The van der Waals surface area contributed by atoms with Crippen molar-refractivity contribution in [1.29, 1.82) is 0 Å². The molecule has 32 heavy (non-hydrogen) atoms. The summed E-state index contributed by atoms with van der Waals surface area (Å²) in [4.78, 5) is 23.5. The van der Waals surface area contributed by atoms with Gasteiger partial charge >= 0.3 is 6.03 Å². The number of anilines is 2. The quantitative estimate of drug-likeness (QED) is 0.686. The Kier molecular flexibility index (Phi) is 7.84. The van der Waals surface area contributed by atoms with Gasteiger partial charge in [0.15, 0.2) is 5.82 Å². The van der Waals surface area contributed by atoms with E-state index in [-0.39, 0.29) is 16.8 Å². The highest BCUT2D eigenvalue weighted by atomic mass is 32.2. The van der Waals surface area contributed by atoms with Crippen molar-refractivity contribution >= 4 is 28.3 Å². The smallest absolute Gasteiger partial charge is 0.319 e. The minimum atomic E-state index is -1.08. The van der Waals surface area contributed by atoms with Gasteiger partial charge in [0.25, 0.3) is 0 Å². The summed E-state index contributed by atoms with van der Waals surface area (Å²) in [6.45, 7) is 12.5. The van der Waals surface area contributed by atoms with Crippen molar-refractivity contribution in [2.24, 2.45) is 0 Å². The zero-order chi connectivity index (χ0) is 23.3. The molecule has 1 saturated heterocycles. The van der Waals surface area contributed by atoms with Crippen LogP contribution in [0.5, 0.6) is 0 Å². The SMILES string of the molecule is CCNC(=O)Nc1ccc(-c2nc(CS(=O)C(C)(C)C)cc(N3CCOC[C@@H]3C)n2)cc1. The molecule has 1 aromatic carbocycles. The first-order valence-electron chi connectivity index (χ1n) is 10.9. The highest BCUT2D eigenvalue weighted by Gasteiger charge is 2.24. The van der Waals surface area contributed by atoms with Crippen LogP contribution in [-0.4, -0.2) is 57.3 Å². The Morgan fingerprint density at radius 2 is 1.97 bits per heavy atom. The predicted molar refractivity (Wildman–Crippen MR) is 129 cm³/mol. The van der Waals surface area contributed by atoms with Crippen molar-refractivity contribution in [1.82, 2.24) is 15.3 Å². The first kappa shape index (κ1) is 24.1. The van der Waals surface area contributed by atoms with Gasteiger partial charge in [0, 0.05) is 46.0 Å². The number of amides is 2. The summed E-state index contributed by atoms with van der Waals surface area (Å²) >= 11 is 0. The standard InChI is InChI=1S/C23H33N5O3S/c1-6-24-22(29)26-18-9-7-17(8-10-18)21-25-19(15-32(30)23(3,4)5)13-20(27-21)28-11-12-31-14-16(28)2/h7-10,13,16H,6,11-12,14-15H2,1-5H3,(H2,24,26,29)/t16-,32?/m0/s1. The van der Waals surface area contributed by atoms with E-state index >= 15 is 0 Å². The van der Waals surface area contributed by atoms with Crippen LogP contribution in [0, 0.1) is 0 Å². The van der Waals surface area contributed by atoms with Gasteiger partial charge in [0.1, 0.15) is 5.82 Å². The van der Waals surface area contributed by atoms with Crippen LogP contribution in [0.1, 0.15) is 40.3 Å². The molecule has 0 spiro atoms. The van der Waals surface area contributed by atoms with Crippen molar-refractivity contribution in [2.75, 3.05) is 36.5 Å². The lowest BCUT2D eigenvalue weighted by atomic mass is 10.2. The van der Waals surface area contributed by atoms with Crippen molar-refractivity contribution < 1.29 is 13.7 Å². The fourth-order valence-corrected chi connectivity index (χ4v) is 4.14. The first-order valence-corrected chi connectivity index (χ1v) is 12.3. The summed E-state index contributed by atoms with van der Waals surface area (Å²) in [5.41, 5.74) is 2.27.